The van der Waals surface area contributed by atoms with Gasteiger partial charge in [-0.15, -0.1) is 0 Å². The summed E-state index contributed by atoms with van der Waals surface area (Å²) in [7, 11) is 0. The van der Waals surface area contributed by atoms with Crippen LogP contribution >= 0.6 is 0 Å². The zero-order valence-electron chi connectivity index (χ0n) is 15.4. The highest BCUT2D eigenvalue weighted by Crippen LogP contribution is 2.36. The molecule has 4 heterocycles. The van der Waals surface area contributed by atoms with Crippen LogP contribution in [-0.2, 0) is 27.3 Å². The minimum Gasteiger partial charge on any atom is -0.381 e. The molecule has 0 amide bonds. The van der Waals surface area contributed by atoms with Crippen LogP contribution in [0.15, 0.2) is 12.4 Å². The largest absolute Gasteiger partial charge is 0.381 e. The van der Waals surface area contributed by atoms with Crippen LogP contribution in [0.1, 0.15) is 38.2 Å². The van der Waals surface area contributed by atoms with Crippen molar-refractivity contribution in [1.82, 2.24) is 14.7 Å². The highest BCUT2D eigenvalue weighted by Gasteiger charge is 2.47. The van der Waals surface area contributed by atoms with Crippen molar-refractivity contribution in [3.63, 3.8) is 0 Å². The van der Waals surface area contributed by atoms with Gasteiger partial charge in [-0.3, -0.25) is 9.58 Å². The van der Waals surface area contributed by atoms with E-state index < -0.39 is 0 Å². The van der Waals surface area contributed by atoms with Crippen molar-refractivity contribution in [2.24, 2.45) is 5.92 Å². The zero-order chi connectivity index (χ0) is 17.1. The topological polar surface area (TPSA) is 48.8 Å². The number of aryl methyl sites for hydroxylation is 1. The molecule has 0 N–H and O–H groups in total. The highest BCUT2D eigenvalue weighted by molar-refractivity contribution is 5.08. The smallest absolute Gasteiger partial charge is 0.0959 e. The van der Waals surface area contributed by atoms with E-state index in [1.807, 2.05) is 10.9 Å². The molecule has 1 aromatic rings. The van der Waals surface area contributed by atoms with Crippen LogP contribution in [0, 0.1) is 5.92 Å². The van der Waals surface area contributed by atoms with Crippen LogP contribution in [0.25, 0.3) is 0 Å². The third kappa shape index (κ3) is 4.25. The Kier molecular flexibility index (Phi) is 5.41. The lowest BCUT2D eigenvalue weighted by molar-refractivity contribution is -0.201. The van der Waals surface area contributed by atoms with Crippen molar-refractivity contribution in [1.29, 1.82) is 0 Å². The Morgan fingerprint density at radius 1 is 1.24 bits per heavy atom. The third-order valence-electron chi connectivity index (χ3n) is 5.80. The van der Waals surface area contributed by atoms with Crippen LogP contribution in [0.2, 0.25) is 0 Å². The van der Waals surface area contributed by atoms with Crippen LogP contribution in [0.4, 0.5) is 0 Å². The summed E-state index contributed by atoms with van der Waals surface area (Å²) in [6, 6.07) is 0. The predicted octanol–water partition coefficient (Wildman–Crippen LogP) is 2.08. The average molecular weight is 349 g/mol. The van der Waals surface area contributed by atoms with Crippen molar-refractivity contribution < 1.29 is 14.2 Å². The Morgan fingerprint density at radius 3 is 2.84 bits per heavy atom. The summed E-state index contributed by atoms with van der Waals surface area (Å²) in [4.78, 5) is 2.46. The minimum absolute atomic E-state index is 0.0271. The summed E-state index contributed by atoms with van der Waals surface area (Å²) in [6.07, 6.45) is 8.86. The maximum Gasteiger partial charge on any atom is 0.0959 e. The minimum atomic E-state index is 0.0271. The standard InChI is InChI=1S/C19H31N3O3/c1-2-22-12-17(10-20-22)11-21-14-19(15-21)9-18(5-8-25-19)24-13-16-3-6-23-7-4-16/h10,12,16,18H,2-9,11,13-15H2,1H3. The Bertz CT molecular complexity index is 550. The first kappa shape index (κ1) is 17.5. The molecule has 0 radical (unpaired) electrons. The highest BCUT2D eigenvalue weighted by atomic mass is 16.5. The molecule has 6 heteroatoms. The molecular formula is C19H31N3O3. The normalized spacial score (nSPS) is 27.5. The molecule has 3 aliphatic heterocycles. The lowest BCUT2D eigenvalue weighted by atomic mass is 9.84. The molecule has 0 saturated carbocycles. The van der Waals surface area contributed by atoms with Crippen LogP contribution in [-0.4, -0.2) is 65.9 Å². The maximum atomic E-state index is 6.26. The second kappa shape index (κ2) is 7.74. The summed E-state index contributed by atoms with van der Waals surface area (Å²) >= 11 is 0. The summed E-state index contributed by atoms with van der Waals surface area (Å²) < 4.78 is 19.8. The fourth-order valence-electron chi connectivity index (χ4n) is 4.33. The van der Waals surface area contributed by atoms with Gasteiger partial charge in [-0.1, -0.05) is 0 Å². The number of hydrogen-bond donors (Lipinski definition) is 0. The van der Waals surface area contributed by atoms with Crippen molar-refractivity contribution in [2.45, 2.75) is 57.4 Å². The molecule has 1 spiro atoms. The fraction of sp³-hybridized carbons (Fsp3) is 0.842. The zero-order valence-corrected chi connectivity index (χ0v) is 15.4. The van der Waals surface area contributed by atoms with Crippen molar-refractivity contribution >= 4 is 0 Å². The molecule has 140 valence electrons. The van der Waals surface area contributed by atoms with E-state index in [-0.39, 0.29) is 5.60 Å². The second-order valence-corrected chi connectivity index (χ2v) is 7.88. The predicted molar refractivity (Wildman–Crippen MR) is 94.4 cm³/mol. The number of hydrogen-bond acceptors (Lipinski definition) is 5. The molecule has 1 atom stereocenters. The third-order valence-corrected chi connectivity index (χ3v) is 5.80. The average Bonchev–Trinajstić information content (AvgIpc) is 3.08. The molecule has 1 aromatic heterocycles. The van der Waals surface area contributed by atoms with Gasteiger partial charge in [0, 0.05) is 70.8 Å². The first-order chi connectivity index (χ1) is 12.2. The number of aromatic nitrogens is 2. The molecule has 0 aromatic carbocycles. The van der Waals surface area contributed by atoms with Gasteiger partial charge in [-0.25, -0.2) is 0 Å². The van der Waals surface area contributed by atoms with Gasteiger partial charge < -0.3 is 14.2 Å². The summed E-state index contributed by atoms with van der Waals surface area (Å²) in [5, 5.41) is 4.36. The van der Waals surface area contributed by atoms with Crippen LogP contribution < -0.4 is 0 Å². The van der Waals surface area contributed by atoms with Crippen molar-refractivity contribution in [3.8, 4) is 0 Å². The summed E-state index contributed by atoms with van der Waals surface area (Å²) in [5.74, 6) is 0.681. The van der Waals surface area contributed by atoms with Crippen LogP contribution in [0.3, 0.4) is 0 Å². The molecule has 0 aliphatic carbocycles. The van der Waals surface area contributed by atoms with Gasteiger partial charge in [-0.2, -0.15) is 5.10 Å². The van der Waals surface area contributed by atoms with Gasteiger partial charge in [0.05, 0.1) is 17.9 Å². The molecule has 4 rings (SSSR count). The Labute approximate surface area is 150 Å². The van der Waals surface area contributed by atoms with E-state index in [0.29, 0.717) is 12.0 Å². The van der Waals surface area contributed by atoms with E-state index in [1.54, 1.807) is 0 Å². The molecule has 3 fully saturated rings. The van der Waals surface area contributed by atoms with E-state index in [1.165, 1.54) is 5.56 Å². The molecule has 3 aliphatic rings. The van der Waals surface area contributed by atoms with Gasteiger partial charge in [0.15, 0.2) is 0 Å². The Morgan fingerprint density at radius 2 is 2.08 bits per heavy atom. The first-order valence-electron chi connectivity index (χ1n) is 9.82. The van der Waals surface area contributed by atoms with E-state index in [4.69, 9.17) is 14.2 Å². The van der Waals surface area contributed by atoms with Gasteiger partial charge in [-0.05, 0) is 32.1 Å². The van der Waals surface area contributed by atoms with Gasteiger partial charge in [0.2, 0.25) is 0 Å². The Hall–Kier alpha value is -0.950. The fourth-order valence-corrected chi connectivity index (χ4v) is 4.33. The van der Waals surface area contributed by atoms with Crippen LogP contribution in [0.5, 0.6) is 0 Å². The SMILES string of the molecule is CCn1cc(CN2CC3(CC(OCC4CCOCC4)CCO3)C2)cn1. The molecule has 6 nitrogen and oxygen atoms in total. The molecule has 25 heavy (non-hydrogen) atoms. The number of ether oxygens (including phenoxy) is 3. The number of rotatable bonds is 6. The molecule has 1 unspecified atom stereocenters. The van der Waals surface area contributed by atoms with Gasteiger partial charge in [0.25, 0.3) is 0 Å². The van der Waals surface area contributed by atoms with Crippen molar-refractivity contribution in [3.05, 3.63) is 18.0 Å². The lowest BCUT2D eigenvalue weighted by Crippen LogP contribution is -2.65. The number of nitrogens with zero attached hydrogens (tertiary/aromatic N) is 3. The monoisotopic (exact) mass is 349 g/mol. The quantitative estimate of drug-likeness (QED) is 0.787. The van der Waals surface area contributed by atoms with E-state index in [0.717, 1.165) is 78.3 Å². The molecule has 3 saturated heterocycles. The van der Waals surface area contributed by atoms with Crippen molar-refractivity contribution in [2.75, 3.05) is 39.5 Å². The molecule has 0 bridgehead atoms. The first-order valence-corrected chi connectivity index (χ1v) is 9.82. The van der Waals surface area contributed by atoms with E-state index in [9.17, 15) is 0 Å². The molecular weight excluding hydrogens is 318 g/mol. The maximum absolute atomic E-state index is 6.26. The summed E-state index contributed by atoms with van der Waals surface area (Å²) in [6.45, 7) is 9.57. The second-order valence-electron chi connectivity index (χ2n) is 7.88. The van der Waals surface area contributed by atoms with E-state index >= 15 is 0 Å². The van der Waals surface area contributed by atoms with Gasteiger partial charge in [0.1, 0.15) is 0 Å². The van der Waals surface area contributed by atoms with E-state index in [2.05, 4.69) is 23.1 Å². The van der Waals surface area contributed by atoms with Gasteiger partial charge >= 0.3 is 0 Å². The Balaban J connectivity index is 1.21. The lowest BCUT2D eigenvalue weighted by Gasteiger charge is -2.53. The summed E-state index contributed by atoms with van der Waals surface area (Å²) in [5.41, 5.74) is 1.32. The number of likely N-dealkylation sites (tertiary alicyclic amines) is 1.